The fourth-order valence-electron chi connectivity index (χ4n) is 2.54. The number of nitrogens with one attached hydrogen (secondary N) is 1. The molecule has 0 aromatic heterocycles. The van der Waals surface area contributed by atoms with E-state index in [-0.39, 0.29) is 17.9 Å². The maximum Gasteiger partial charge on any atom is 0.416 e. The van der Waals surface area contributed by atoms with Gasteiger partial charge < -0.3 is 11.1 Å². The van der Waals surface area contributed by atoms with E-state index in [2.05, 4.69) is 5.32 Å². The Hall–Kier alpha value is -1.56. The van der Waals surface area contributed by atoms with E-state index in [1.807, 2.05) is 0 Å². The van der Waals surface area contributed by atoms with Crippen LogP contribution in [0.2, 0.25) is 0 Å². The molecule has 1 fully saturated rings. The van der Waals surface area contributed by atoms with Crippen LogP contribution in [-0.2, 0) is 16.4 Å². The van der Waals surface area contributed by atoms with E-state index in [1.165, 1.54) is 12.1 Å². The van der Waals surface area contributed by atoms with Gasteiger partial charge in [-0.2, -0.15) is 13.2 Å². The maximum absolute atomic E-state index is 12.8. The van der Waals surface area contributed by atoms with Crippen LogP contribution in [0.15, 0.2) is 24.3 Å². The number of amides is 1. The van der Waals surface area contributed by atoms with Crippen molar-refractivity contribution in [2.45, 2.75) is 30.9 Å². The molecule has 0 bridgehead atoms. The Kier molecular flexibility index (Phi) is 4.04. The topological polar surface area (TPSA) is 55.1 Å². The van der Waals surface area contributed by atoms with E-state index in [0.29, 0.717) is 12.1 Å². The molecule has 0 radical (unpaired) electrons. The van der Waals surface area contributed by atoms with Gasteiger partial charge in [-0.25, -0.2) is 0 Å². The van der Waals surface area contributed by atoms with E-state index in [1.54, 1.807) is 6.07 Å². The Morgan fingerprint density at radius 1 is 1.35 bits per heavy atom. The molecule has 1 saturated carbocycles. The van der Waals surface area contributed by atoms with Crippen LogP contribution in [0.5, 0.6) is 0 Å². The minimum absolute atomic E-state index is 0.112. The lowest BCUT2D eigenvalue weighted by atomic mass is 9.64. The zero-order valence-corrected chi connectivity index (χ0v) is 11.0. The fraction of sp³-hybridized carbons (Fsp3) is 0.500. The van der Waals surface area contributed by atoms with Gasteiger partial charge >= 0.3 is 6.18 Å². The predicted octanol–water partition coefficient (Wildman–Crippen LogP) is 2.20. The van der Waals surface area contributed by atoms with Gasteiger partial charge in [-0.05, 0) is 24.5 Å². The second-order valence-corrected chi connectivity index (χ2v) is 5.19. The Morgan fingerprint density at radius 2 is 2.05 bits per heavy atom. The standard InChI is InChI=1S/C14H17F3N2O/c15-14(16,17)11-4-1-3-10(7-11)13(5-2-6-13)9-19-12(20)8-18/h1,3-4,7H,2,5-6,8-9,18H2,(H,19,20). The number of carbonyl (C=O) groups excluding carboxylic acids is 1. The van der Waals surface area contributed by atoms with Crippen molar-refractivity contribution in [3.8, 4) is 0 Å². The van der Waals surface area contributed by atoms with Crippen molar-refractivity contribution in [1.29, 1.82) is 0 Å². The molecule has 0 spiro atoms. The molecule has 1 aromatic rings. The minimum Gasteiger partial charge on any atom is -0.354 e. The highest BCUT2D eigenvalue weighted by Gasteiger charge is 2.40. The second kappa shape index (κ2) is 5.44. The van der Waals surface area contributed by atoms with Crippen LogP contribution in [0.25, 0.3) is 0 Å². The molecule has 110 valence electrons. The SMILES string of the molecule is NCC(=O)NCC1(c2cccc(C(F)(F)F)c2)CCC1. The smallest absolute Gasteiger partial charge is 0.354 e. The zero-order chi connectivity index (χ0) is 14.8. The largest absolute Gasteiger partial charge is 0.416 e. The summed E-state index contributed by atoms with van der Waals surface area (Å²) in [5.41, 5.74) is 4.83. The van der Waals surface area contributed by atoms with Crippen LogP contribution >= 0.6 is 0 Å². The van der Waals surface area contributed by atoms with Crippen molar-refractivity contribution in [2.24, 2.45) is 5.73 Å². The van der Waals surface area contributed by atoms with Gasteiger partial charge in [0.25, 0.3) is 0 Å². The molecule has 0 heterocycles. The minimum atomic E-state index is -4.35. The highest BCUT2D eigenvalue weighted by Crippen LogP contribution is 2.44. The van der Waals surface area contributed by atoms with Gasteiger partial charge in [-0.3, -0.25) is 4.79 Å². The lowest BCUT2D eigenvalue weighted by molar-refractivity contribution is -0.137. The first kappa shape index (κ1) is 14.8. The summed E-state index contributed by atoms with van der Waals surface area (Å²) in [6, 6.07) is 5.37. The first-order chi connectivity index (χ1) is 9.37. The highest BCUT2D eigenvalue weighted by atomic mass is 19.4. The monoisotopic (exact) mass is 286 g/mol. The lowest BCUT2D eigenvalue weighted by Gasteiger charge is -2.42. The molecule has 0 atom stereocenters. The quantitative estimate of drug-likeness (QED) is 0.891. The summed E-state index contributed by atoms with van der Waals surface area (Å²) in [6.45, 7) is 0.225. The molecule has 6 heteroatoms. The molecular formula is C14H17F3N2O. The maximum atomic E-state index is 12.8. The Morgan fingerprint density at radius 3 is 2.55 bits per heavy atom. The molecule has 0 saturated heterocycles. The summed E-state index contributed by atoms with van der Waals surface area (Å²) in [5, 5.41) is 2.69. The number of carbonyl (C=O) groups is 1. The summed E-state index contributed by atoms with van der Waals surface area (Å²) >= 11 is 0. The van der Waals surface area contributed by atoms with Gasteiger partial charge in [0.2, 0.25) is 5.91 Å². The molecule has 0 aliphatic heterocycles. The molecule has 1 aliphatic rings. The van der Waals surface area contributed by atoms with Crippen molar-refractivity contribution in [3.63, 3.8) is 0 Å². The van der Waals surface area contributed by atoms with Crippen molar-refractivity contribution in [1.82, 2.24) is 5.32 Å². The third kappa shape index (κ3) is 2.95. The third-order valence-corrected chi connectivity index (χ3v) is 3.92. The second-order valence-electron chi connectivity index (χ2n) is 5.19. The molecule has 20 heavy (non-hydrogen) atoms. The van der Waals surface area contributed by atoms with Gasteiger partial charge in [0, 0.05) is 12.0 Å². The van der Waals surface area contributed by atoms with Crippen LogP contribution in [0.1, 0.15) is 30.4 Å². The zero-order valence-electron chi connectivity index (χ0n) is 11.0. The van der Waals surface area contributed by atoms with Gasteiger partial charge in [-0.1, -0.05) is 24.6 Å². The molecule has 0 unspecified atom stereocenters. The molecular weight excluding hydrogens is 269 g/mol. The van der Waals surface area contributed by atoms with Crippen molar-refractivity contribution < 1.29 is 18.0 Å². The Bertz CT molecular complexity index is 495. The van der Waals surface area contributed by atoms with Crippen molar-refractivity contribution >= 4 is 5.91 Å². The summed E-state index contributed by atoms with van der Waals surface area (Å²) < 4.78 is 38.3. The summed E-state index contributed by atoms with van der Waals surface area (Å²) in [6.07, 6.45) is -1.84. The first-order valence-corrected chi connectivity index (χ1v) is 6.52. The van der Waals surface area contributed by atoms with Crippen LogP contribution in [-0.4, -0.2) is 19.0 Å². The first-order valence-electron chi connectivity index (χ1n) is 6.52. The summed E-state index contributed by atoms with van der Waals surface area (Å²) in [4.78, 5) is 11.2. The lowest BCUT2D eigenvalue weighted by Crippen LogP contribution is -2.47. The molecule has 1 amide bonds. The van der Waals surface area contributed by atoms with Crippen molar-refractivity contribution in [3.05, 3.63) is 35.4 Å². The van der Waals surface area contributed by atoms with E-state index in [4.69, 9.17) is 5.73 Å². The number of alkyl halides is 3. The van der Waals surface area contributed by atoms with Gasteiger partial charge in [0.1, 0.15) is 0 Å². The van der Waals surface area contributed by atoms with Gasteiger partial charge in [-0.15, -0.1) is 0 Å². The van der Waals surface area contributed by atoms with Gasteiger partial charge in [0.05, 0.1) is 12.1 Å². The summed E-state index contributed by atoms with van der Waals surface area (Å²) in [5.74, 6) is -0.289. The van der Waals surface area contributed by atoms with Crippen LogP contribution in [0.3, 0.4) is 0 Å². The number of nitrogens with two attached hydrogens (primary N) is 1. The predicted molar refractivity (Wildman–Crippen MR) is 69.0 cm³/mol. The van der Waals surface area contributed by atoms with E-state index in [0.717, 1.165) is 25.3 Å². The van der Waals surface area contributed by atoms with E-state index in [9.17, 15) is 18.0 Å². The number of benzene rings is 1. The van der Waals surface area contributed by atoms with E-state index < -0.39 is 11.7 Å². The average Bonchev–Trinajstić information content (AvgIpc) is 2.36. The van der Waals surface area contributed by atoms with E-state index >= 15 is 0 Å². The normalized spacial score (nSPS) is 17.4. The Labute approximate surface area is 115 Å². The molecule has 3 nitrogen and oxygen atoms in total. The van der Waals surface area contributed by atoms with Gasteiger partial charge in [0.15, 0.2) is 0 Å². The number of hydrogen-bond donors (Lipinski definition) is 2. The molecule has 1 aliphatic carbocycles. The molecule has 1 aromatic carbocycles. The number of rotatable bonds is 4. The third-order valence-electron chi connectivity index (χ3n) is 3.92. The fourth-order valence-corrected chi connectivity index (χ4v) is 2.54. The molecule has 3 N–H and O–H groups in total. The number of hydrogen-bond acceptors (Lipinski definition) is 2. The molecule has 2 rings (SSSR count). The van der Waals surface area contributed by atoms with Crippen LogP contribution < -0.4 is 11.1 Å². The highest BCUT2D eigenvalue weighted by molar-refractivity contribution is 5.77. The Balaban J connectivity index is 2.21. The van der Waals surface area contributed by atoms with Crippen molar-refractivity contribution in [2.75, 3.05) is 13.1 Å². The number of halogens is 3. The average molecular weight is 286 g/mol. The van der Waals surface area contributed by atoms with Crippen LogP contribution in [0.4, 0.5) is 13.2 Å². The summed E-state index contributed by atoms with van der Waals surface area (Å²) in [7, 11) is 0. The van der Waals surface area contributed by atoms with Crippen LogP contribution in [0, 0.1) is 0 Å².